The SMILES string of the molecule is Cc1ccc(C(C)(O)CNC(=O)C2(c3ccc(F)cc3)CCC2)o1. The monoisotopic (exact) mass is 331 g/mol. The van der Waals surface area contributed by atoms with Crippen LogP contribution in [-0.4, -0.2) is 17.6 Å². The highest BCUT2D eigenvalue weighted by Crippen LogP contribution is 2.44. The van der Waals surface area contributed by atoms with Gasteiger partial charge >= 0.3 is 0 Å². The highest BCUT2D eigenvalue weighted by atomic mass is 19.1. The molecule has 0 bridgehead atoms. The number of nitrogens with one attached hydrogen (secondary N) is 1. The number of hydrogen-bond donors (Lipinski definition) is 2. The van der Waals surface area contributed by atoms with Crippen molar-refractivity contribution < 1.29 is 18.7 Å². The maximum absolute atomic E-state index is 13.1. The molecule has 1 heterocycles. The van der Waals surface area contributed by atoms with Crippen LogP contribution in [-0.2, 0) is 15.8 Å². The first-order valence-corrected chi connectivity index (χ1v) is 8.17. The molecule has 0 aliphatic heterocycles. The van der Waals surface area contributed by atoms with Crippen LogP contribution in [0.5, 0.6) is 0 Å². The average Bonchev–Trinajstić information content (AvgIpc) is 2.93. The summed E-state index contributed by atoms with van der Waals surface area (Å²) in [4.78, 5) is 12.8. The fourth-order valence-electron chi connectivity index (χ4n) is 3.18. The maximum atomic E-state index is 13.1. The third-order valence-electron chi connectivity index (χ3n) is 4.90. The number of carbonyl (C=O) groups is 1. The van der Waals surface area contributed by atoms with E-state index in [1.165, 1.54) is 12.1 Å². The molecule has 1 aliphatic carbocycles. The average molecular weight is 331 g/mol. The van der Waals surface area contributed by atoms with Gasteiger partial charge in [0.1, 0.15) is 22.9 Å². The molecule has 2 aromatic rings. The van der Waals surface area contributed by atoms with Crippen molar-refractivity contribution in [2.45, 2.75) is 44.1 Å². The first kappa shape index (κ1) is 16.7. The van der Waals surface area contributed by atoms with Crippen LogP contribution in [0.1, 0.15) is 43.3 Å². The lowest BCUT2D eigenvalue weighted by Gasteiger charge is -2.41. The lowest BCUT2D eigenvalue weighted by atomic mass is 9.63. The van der Waals surface area contributed by atoms with Crippen LogP contribution >= 0.6 is 0 Å². The third kappa shape index (κ3) is 2.96. The Morgan fingerprint density at radius 2 is 1.96 bits per heavy atom. The summed E-state index contributed by atoms with van der Waals surface area (Å²) in [7, 11) is 0. The van der Waals surface area contributed by atoms with Gasteiger partial charge in [-0.05, 0) is 56.5 Å². The van der Waals surface area contributed by atoms with Gasteiger partial charge in [-0.3, -0.25) is 4.79 Å². The van der Waals surface area contributed by atoms with Crippen molar-refractivity contribution >= 4 is 5.91 Å². The van der Waals surface area contributed by atoms with Gasteiger partial charge in [-0.2, -0.15) is 0 Å². The molecule has 5 heteroatoms. The number of carbonyl (C=O) groups excluding carboxylic acids is 1. The minimum atomic E-state index is -1.28. The van der Waals surface area contributed by atoms with Crippen molar-refractivity contribution in [2.75, 3.05) is 6.54 Å². The summed E-state index contributed by atoms with van der Waals surface area (Å²) in [5, 5.41) is 13.4. The molecule has 1 amide bonds. The third-order valence-corrected chi connectivity index (χ3v) is 4.90. The molecular weight excluding hydrogens is 309 g/mol. The number of aryl methyl sites for hydroxylation is 1. The Balaban J connectivity index is 1.72. The van der Waals surface area contributed by atoms with Gasteiger partial charge in [0.15, 0.2) is 0 Å². The van der Waals surface area contributed by atoms with E-state index in [9.17, 15) is 14.3 Å². The molecule has 1 aromatic heterocycles. The Morgan fingerprint density at radius 1 is 1.29 bits per heavy atom. The van der Waals surface area contributed by atoms with Gasteiger partial charge < -0.3 is 14.8 Å². The summed E-state index contributed by atoms with van der Waals surface area (Å²) >= 11 is 0. The number of amides is 1. The van der Waals surface area contributed by atoms with Crippen LogP contribution in [0, 0.1) is 12.7 Å². The van der Waals surface area contributed by atoms with Gasteiger partial charge in [0.05, 0.1) is 12.0 Å². The number of hydrogen-bond acceptors (Lipinski definition) is 3. The second kappa shape index (κ2) is 6.06. The molecule has 2 N–H and O–H groups in total. The van der Waals surface area contributed by atoms with Crippen molar-refractivity contribution in [1.29, 1.82) is 0 Å². The van der Waals surface area contributed by atoms with Crippen LogP contribution in [0.15, 0.2) is 40.8 Å². The topological polar surface area (TPSA) is 62.5 Å². The number of benzene rings is 1. The molecule has 0 spiro atoms. The van der Waals surface area contributed by atoms with Gasteiger partial charge in [0.2, 0.25) is 5.91 Å². The van der Waals surface area contributed by atoms with Gasteiger partial charge in [-0.15, -0.1) is 0 Å². The number of furan rings is 1. The summed E-state index contributed by atoms with van der Waals surface area (Å²) in [6, 6.07) is 9.58. The zero-order valence-electron chi connectivity index (χ0n) is 13.9. The molecule has 0 radical (unpaired) electrons. The van der Waals surface area contributed by atoms with E-state index in [2.05, 4.69) is 5.32 Å². The molecule has 128 valence electrons. The van der Waals surface area contributed by atoms with Crippen molar-refractivity contribution in [3.05, 3.63) is 59.3 Å². The fourth-order valence-corrected chi connectivity index (χ4v) is 3.18. The second-order valence-corrected chi connectivity index (χ2v) is 6.81. The highest BCUT2D eigenvalue weighted by molar-refractivity contribution is 5.89. The van der Waals surface area contributed by atoms with Gasteiger partial charge in [-0.25, -0.2) is 4.39 Å². The minimum Gasteiger partial charge on any atom is -0.463 e. The first-order chi connectivity index (χ1) is 11.3. The molecule has 1 unspecified atom stereocenters. The molecule has 1 atom stereocenters. The molecule has 3 rings (SSSR count). The zero-order valence-corrected chi connectivity index (χ0v) is 13.9. The van der Waals surface area contributed by atoms with E-state index in [0.717, 1.165) is 24.8 Å². The standard InChI is InChI=1S/C19H22FNO3/c1-13-4-9-16(24-13)18(2,23)12-21-17(22)19(10-3-11-19)14-5-7-15(20)8-6-14/h4-9,23H,3,10-12H2,1-2H3,(H,21,22). The smallest absolute Gasteiger partial charge is 0.230 e. The summed E-state index contributed by atoms with van der Waals surface area (Å²) in [6.45, 7) is 3.47. The molecule has 1 aliphatic rings. The minimum absolute atomic E-state index is 0.0573. The lowest BCUT2D eigenvalue weighted by Crippen LogP contribution is -2.52. The molecule has 1 fully saturated rings. The van der Waals surface area contributed by atoms with E-state index >= 15 is 0 Å². The number of rotatable bonds is 5. The number of aliphatic hydroxyl groups is 1. The largest absolute Gasteiger partial charge is 0.463 e. The van der Waals surface area contributed by atoms with E-state index in [-0.39, 0.29) is 18.3 Å². The van der Waals surface area contributed by atoms with Crippen molar-refractivity contribution in [3.8, 4) is 0 Å². The van der Waals surface area contributed by atoms with Gasteiger partial charge in [0, 0.05) is 0 Å². The summed E-state index contributed by atoms with van der Waals surface area (Å²) < 4.78 is 18.6. The molecular formula is C19H22FNO3. The Bertz CT molecular complexity index is 729. The van der Waals surface area contributed by atoms with Crippen LogP contribution in [0.2, 0.25) is 0 Å². The van der Waals surface area contributed by atoms with Gasteiger partial charge in [0.25, 0.3) is 0 Å². The van der Waals surface area contributed by atoms with Crippen LogP contribution in [0.25, 0.3) is 0 Å². The normalized spacial score (nSPS) is 18.5. The highest BCUT2D eigenvalue weighted by Gasteiger charge is 2.46. The van der Waals surface area contributed by atoms with Crippen LogP contribution in [0.4, 0.5) is 4.39 Å². The van der Waals surface area contributed by atoms with Gasteiger partial charge in [-0.1, -0.05) is 18.6 Å². The summed E-state index contributed by atoms with van der Waals surface area (Å²) in [6.07, 6.45) is 2.41. The lowest BCUT2D eigenvalue weighted by molar-refractivity contribution is -0.131. The quantitative estimate of drug-likeness (QED) is 0.884. The second-order valence-electron chi connectivity index (χ2n) is 6.81. The van der Waals surface area contributed by atoms with Crippen LogP contribution < -0.4 is 5.32 Å². The van der Waals surface area contributed by atoms with Crippen LogP contribution in [0.3, 0.4) is 0 Å². The van der Waals surface area contributed by atoms with E-state index in [0.29, 0.717) is 11.5 Å². The van der Waals surface area contributed by atoms with E-state index in [1.54, 1.807) is 38.1 Å². The Hall–Kier alpha value is -2.14. The predicted molar refractivity (Wildman–Crippen MR) is 88.0 cm³/mol. The van der Waals surface area contributed by atoms with Crippen molar-refractivity contribution in [3.63, 3.8) is 0 Å². The van der Waals surface area contributed by atoms with Crippen molar-refractivity contribution in [2.24, 2.45) is 0 Å². The number of halogens is 1. The van der Waals surface area contributed by atoms with Crippen molar-refractivity contribution in [1.82, 2.24) is 5.32 Å². The molecule has 4 nitrogen and oxygen atoms in total. The van der Waals surface area contributed by atoms with E-state index < -0.39 is 11.0 Å². The first-order valence-electron chi connectivity index (χ1n) is 8.17. The van der Waals surface area contributed by atoms with E-state index in [4.69, 9.17) is 4.42 Å². The Labute approximate surface area is 140 Å². The Morgan fingerprint density at radius 3 is 2.46 bits per heavy atom. The van der Waals surface area contributed by atoms with E-state index in [1.807, 2.05) is 0 Å². The molecule has 24 heavy (non-hydrogen) atoms. The Kier molecular flexibility index (Phi) is 4.22. The summed E-state index contributed by atoms with van der Waals surface area (Å²) in [5.74, 6) is 0.678. The molecule has 1 saturated carbocycles. The fraction of sp³-hybridized carbons (Fsp3) is 0.421. The summed E-state index contributed by atoms with van der Waals surface area (Å²) in [5.41, 5.74) is -1.08. The molecule has 0 saturated heterocycles. The molecule has 1 aromatic carbocycles. The zero-order chi connectivity index (χ0) is 17.4. The maximum Gasteiger partial charge on any atom is 0.230 e. The predicted octanol–water partition coefficient (Wildman–Crippen LogP) is 3.17.